The molecule has 0 heterocycles. The molecule has 3 N–H and O–H groups in total. The number of aliphatic carboxylic acids is 1. The minimum Gasteiger partial charge on any atom is -0.481 e. The van der Waals surface area contributed by atoms with Crippen molar-refractivity contribution in [1.29, 1.82) is 0 Å². The fraction of sp³-hybridized carbons (Fsp3) is 0.842. The Bertz CT molecular complexity index is 320. The first-order valence-electron chi connectivity index (χ1n) is 9.40. The smallest absolute Gasteiger partial charge is 0.313 e. The van der Waals surface area contributed by atoms with Crippen molar-refractivity contribution >= 4 is 17.7 Å². The second kappa shape index (κ2) is 17.3. The molecule has 0 aromatic heterocycles. The van der Waals surface area contributed by atoms with Crippen LogP contribution in [0.3, 0.4) is 0 Å². The summed E-state index contributed by atoms with van der Waals surface area (Å²) in [4.78, 5) is 10.6. The summed E-state index contributed by atoms with van der Waals surface area (Å²) in [5.74, 6) is -0.970. The van der Waals surface area contributed by atoms with E-state index in [9.17, 15) is 9.90 Å². The molecule has 142 valence electrons. The van der Waals surface area contributed by atoms with Gasteiger partial charge < -0.3 is 15.3 Å². The molecule has 0 radical (unpaired) electrons. The van der Waals surface area contributed by atoms with Gasteiger partial charge in [0.1, 0.15) is 0 Å². The van der Waals surface area contributed by atoms with Gasteiger partial charge in [-0.2, -0.15) is 0 Å². The van der Waals surface area contributed by atoms with Gasteiger partial charge in [-0.3, -0.25) is 4.79 Å². The van der Waals surface area contributed by atoms with Gasteiger partial charge >= 0.3 is 5.97 Å². The van der Waals surface area contributed by atoms with Crippen LogP contribution in [0.15, 0.2) is 12.2 Å². The Morgan fingerprint density at radius 1 is 1.00 bits per heavy atom. The van der Waals surface area contributed by atoms with Crippen LogP contribution in [0.25, 0.3) is 0 Å². The monoisotopic (exact) mass is 360 g/mol. The highest BCUT2D eigenvalue weighted by molar-refractivity contribution is 8.00. The number of thioether (sulfide) groups is 1. The van der Waals surface area contributed by atoms with E-state index < -0.39 is 12.1 Å². The molecule has 4 nitrogen and oxygen atoms in total. The van der Waals surface area contributed by atoms with Gasteiger partial charge in [-0.25, -0.2) is 0 Å². The highest BCUT2D eigenvalue weighted by atomic mass is 32.2. The van der Waals surface area contributed by atoms with E-state index in [1.165, 1.54) is 57.8 Å². The molecule has 2 unspecified atom stereocenters. The SMILES string of the molecule is CCCCCCCCCCCC/C=C\C(SCC(=O)O)C(O)CO. The van der Waals surface area contributed by atoms with E-state index in [-0.39, 0.29) is 17.6 Å². The van der Waals surface area contributed by atoms with Crippen molar-refractivity contribution in [2.24, 2.45) is 0 Å². The molecule has 5 heteroatoms. The lowest BCUT2D eigenvalue weighted by Crippen LogP contribution is -2.26. The molecule has 0 aromatic carbocycles. The molecule has 0 aromatic rings. The second-order valence-corrected chi connectivity index (χ2v) is 7.48. The van der Waals surface area contributed by atoms with E-state index >= 15 is 0 Å². The third kappa shape index (κ3) is 15.0. The van der Waals surface area contributed by atoms with E-state index in [0.717, 1.165) is 24.6 Å². The number of unbranched alkanes of at least 4 members (excludes halogenated alkanes) is 10. The van der Waals surface area contributed by atoms with Gasteiger partial charge in [0.25, 0.3) is 0 Å². The Balaban J connectivity index is 3.64. The molecule has 0 amide bonds. The van der Waals surface area contributed by atoms with Crippen molar-refractivity contribution in [3.8, 4) is 0 Å². The van der Waals surface area contributed by atoms with Crippen LogP contribution < -0.4 is 0 Å². The number of rotatable bonds is 17. The van der Waals surface area contributed by atoms with E-state index in [2.05, 4.69) is 6.92 Å². The van der Waals surface area contributed by atoms with Gasteiger partial charge in [-0.05, 0) is 12.8 Å². The van der Waals surface area contributed by atoms with Crippen LogP contribution >= 0.6 is 11.8 Å². The minimum absolute atomic E-state index is 0.0652. The number of aliphatic hydroxyl groups is 2. The summed E-state index contributed by atoms with van der Waals surface area (Å²) in [6, 6.07) is 0. The molecule has 2 atom stereocenters. The molecule has 0 bridgehead atoms. The maximum atomic E-state index is 10.6. The zero-order chi connectivity index (χ0) is 18.0. The number of carboxylic acid groups (broad SMARTS) is 1. The van der Waals surface area contributed by atoms with Gasteiger partial charge in [-0.15, -0.1) is 11.8 Å². The Morgan fingerprint density at radius 3 is 2.04 bits per heavy atom. The molecule has 0 spiro atoms. The molecule has 0 aliphatic rings. The average molecular weight is 361 g/mol. The van der Waals surface area contributed by atoms with Crippen molar-refractivity contribution < 1.29 is 20.1 Å². The molecule has 0 fully saturated rings. The van der Waals surface area contributed by atoms with Gasteiger partial charge in [0.05, 0.1) is 23.7 Å². The molecule has 0 rings (SSSR count). The molecular weight excluding hydrogens is 324 g/mol. The van der Waals surface area contributed by atoms with E-state index in [1.54, 1.807) is 0 Å². The Labute approximate surface area is 151 Å². The largest absolute Gasteiger partial charge is 0.481 e. The van der Waals surface area contributed by atoms with Gasteiger partial charge in [0.15, 0.2) is 0 Å². The minimum atomic E-state index is -0.904. The lowest BCUT2D eigenvalue weighted by atomic mass is 10.1. The van der Waals surface area contributed by atoms with Crippen molar-refractivity contribution in [3.63, 3.8) is 0 Å². The van der Waals surface area contributed by atoms with Crippen molar-refractivity contribution in [2.75, 3.05) is 12.4 Å². The number of carboxylic acids is 1. The fourth-order valence-corrected chi connectivity index (χ4v) is 3.41. The lowest BCUT2D eigenvalue weighted by molar-refractivity contribution is -0.133. The summed E-state index contributed by atoms with van der Waals surface area (Å²) in [5.41, 5.74) is 0. The first-order chi connectivity index (χ1) is 11.6. The van der Waals surface area contributed by atoms with Crippen LogP contribution in [0.4, 0.5) is 0 Å². The summed E-state index contributed by atoms with van der Waals surface area (Å²) in [6.45, 7) is 1.89. The number of hydrogen-bond donors (Lipinski definition) is 3. The number of carbonyl (C=O) groups is 1. The Morgan fingerprint density at radius 2 is 1.54 bits per heavy atom. The van der Waals surface area contributed by atoms with E-state index in [0.29, 0.717) is 0 Å². The van der Waals surface area contributed by atoms with Crippen LogP contribution in [0.2, 0.25) is 0 Å². The van der Waals surface area contributed by atoms with Crippen LogP contribution in [0.5, 0.6) is 0 Å². The maximum Gasteiger partial charge on any atom is 0.313 e. The van der Waals surface area contributed by atoms with E-state index in [1.807, 2.05) is 12.2 Å². The Kier molecular flexibility index (Phi) is 16.9. The van der Waals surface area contributed by atoms with Crippen molar-refractivity contribution in [3.05, 3.63) is 12.2 Å². The van der Waals surface area contributed by atoms with Gasteiger partial charge in [0, 0.05) is 0 Å². The summed E-state index contributed by atoms with van der Waals surface area (Å²) >= 11 is 1.15. The maximum absolute atomic E-state index is 10.6. The fourth-order valence-electron chi connectivity index (χ4n) is 2.55. The van der Waals surface area contributed by atoms with Crippen LogP contribution in [-0.4, -0.2) is 45.0 Å². The van der Waals surface area contributed by atoms with Crippen molar-refractivity contribution in [1.82, 2.24) is 0 Å². The van der Waals surface area contributed by atoms with Crippen LogP contribution in [0.1, 0.15) is 77.6 Å². The zero-order valence-corrected chi connectivity index (χ0v) is 16.0. The quantitative estimate of drug-likeness (QED) is 0.265. The Hall–Kier alpha value is -0.520. The third-order valence-electron chi connectivity index (χ3n) is 4.02. The predicted molar refractivity (Wildman–Crippen MR) is 103 cm³/mol. The molecule has 0 aliphatic heterocycles. The van der Waals surface area contributed by atoms with Gasteiger partial charge in [-0.1, -0.05) is 76.9 Å². The molecule has 0 aliphatic carbocycles. The predicted octanol–water partition coefficient (Wildman–Crippen LogP) is 4.39. The number of allylic oxidation sites excluding steroid dienone is 1. The topological polar surface area (TPSA) is 77.8 Å². The molecule has 24 heavy (non-hydrogen) atoms. The highest BCUT2D eigenvalue weighted by Gasteiger charge is 2.17. The summed E-state index contributed by atoms with van der Waals surface area (Å²) in [7, 11) is 0. The normalized spacial score (nSPS) is 14.1. The average Bonchev–Trinajstić information content (AvgIpc) is 2.57. The summed E-state index contributed by atoms with van der Waals surface area (Å²) in [6.07, 6.45) is 16.9. The number of aliphatic hydroxyl groups excluding tert-OH is 2. The van der Waals surface area contributed by atoms with Crippen molar-refractivity contribution in [2.45, 2.75) is 88.9 Å². The molecule has 0 saturated heterocycles. The number of hydrogen-bond acceptors (Lipinski definition) is 4. The summed E-state index contributed by atoms with van der Waals surface area (Å²) in [5, 5.41) is 27.1. The van der Waals surface area contributed by atoms with Crippen LogP contribution in [-0.2, 0) is 4.79 Å². The van der Waals surface area contributed by atoms with E-state index in [4.69, 9.17) is 10.2 Å². The second-order valence-electron chi connectivity index (χ2n) is 6.32. The molecule has 0 saturated carbocycles. The summed E-state index contributed by atoms with van der Waals surface area (Å²) < 4.78 is 0. The standard InChI is InChI=1S/C19H36O4S/c1-2-3-4-5-6-7-8-9-10-11-12-13-14-18(17(21)15-20)24-16-19(22)23/h13-14,17-18,20-21H,2-12,15-16H2,1H3,(H,22,23)/b14-13-. The molecular formula is C19H36O4S. The van der Waals surface area contributed by atoms with Gasteiger partial charge in [0.2, 0.25) is 0 Å². The third-order valence-corrected chi connectivity index (χ3v) is 5.29. The first-order valence-corrected chi connectivity index (χ1v) is 10.5. The first kappa shape index (κ1) is 23.5. The zero-order valence-electron chi connectivity index (χ0n) is 15.2. The lowest BCUT2D eigenvalue weighted by Gasteiger charge is -2.16. The van der Waals surface area contributed by atoms with Crippen LogP contribution in [0, 0.1) is 0 Å². The highest BCUT2D eigenvalue weighted by Crippen LogP contribution is 2.17.